The topological polar surface area (TPSA) is 23.7 Å². The second kappa shape index (κ2) is 10.5. The van der Waals surface area contributed by atoms with E-state index in [-0.39, 0.29) is 10.8 Å². The standard InChI is InChI=1S/C44H48N3/c1-12-41-44(35-17-14-13-16-32(35)34-24-27(2)20-23-36(34)44)40-19-15-18-37(45-40)33-22-21-31(43(9,10)11)26-39(33)47-38(25-28(3)42(6,7)8)29(4)30(5)46(41)47/h12-23,25-27H,1,5,24H2,2-4,6-11H3/q+1/b28-25+,46-41-. The van der Waals surface area contributed by atoms with Gasteiger partial charge in [0.15, 0.2) is 5.41 Å². The molecule has 2 aliphatic carbocycles. The van der Waals surface area contributed by atoms with Crippen molar-refractivity contribution in [2.45, 2.75) is 79.6 Å². The molecule has 4 aromatic rings. The van der Waals surface area contributed by atoms with E-state index in [0.29, 0.717) is 5.92 Å². The van der Waals surface area contributed by atoms with Crippen molar-refractivity contribution < 1.29 is 4.36 Å². The number of benzene rings is 2. The van der Waals surface area contributed by atoms with Gasteiger partial charge in [-0.1, -0.05) is 120 Å². The molecule has 2 bridgehead atoms. The third-order valence-electron chi connectivity index (χ3n) is 10.8. The Balaban J connectivity index is 1.79. The molecule has 3 heterocycles. The lowest BCUT2D eigenvalue weighted by atomic mass is 9.69. The minimum Gasteiger partial charge on any atom is -0.251 e. The van der Waals surface area contributed by atoms with Crippen LogP contribution < -0.4 is 9.71 Å². The van der Waals surface area contributed by atoms with Crippen LogP contribution >= 0.6 is 0 Å². The summed E-state index contributed by atoms with van der Waals surface area (Å²) >= 11 is 0. The van der Waals surface area contributed by atoms with Crippen LogP contribution in [0, 0.1) is 24.0 Å². The lowest BCUT2D eigenvalue weighted by Crippen LogP contribution is -2.51. The van der Waals surface area contributed by atoms with E-state index < -0.39 is 5.41 Å². The molecule has 47 heavy (non-hydrogen) atoms. The molecule has 1 spiro atoms. The molecule has 7 rings (SSSR count). The first-order valence-corrected chi connectivity index (χ1v) is 17.0. The lowest BCUT2D eigenvalue weighted by molar-refractivity contribution is -0.619. The molecule has 3 heteroatoms. The van der Waals surface area contributed by atoms with Gasteiger partial charge < -0.3 is 0 Å². The van der Waals surface area contributed by atoms with Gasteiger partial charge in [-0.3, -0.25) is 4.98 Å². The van der Waals surface area contributed by atoms with Crippen molar-refractivity contribution in [3.05, 3.63) is 141 Å². The average Bonchev–Trinajstić information content (AvgIpc) is 3.45. The number of aromatic nitrogens is 3. The summed E-state index contributed by atoms with van der Waals surface area (Å²) in [5.74, 6) is 0.458. The van der Waals surface area contributed by atoms with Crippen molar-refractivity contribution in [1.29, 1.82) is 0 Å². The summed E-state index contributed by atoms with van der Waals surface area (Å²) in [6, 6.07) is 22.4. The fourth-order valence-corrected chi connectivity index (χ4v) is 7.73. The summed E-state index contributed by atoms with van der Waals surface area (Å²) in [7, 11) is 0. The highest BCUT2D eigenvalue weighted by Crippen LogP contribution is 2.56. The highest BCUT2D eigenvalue weighted by atomic mass is 15.4. The molecule has 238 valence electrons. The molecule has 0 fully saturated rings. The monoisotopic (exact) mass is 618 g/mol. The second-order valence-electron chi connectivity index (χ2n) is 15.9. The van der Waals surface area contributed by atoms with Crippen LogP contribution in [0.25, 0.3) is 35.2 Å². The number of pyridine rings is 1. The molecule has 2 aromatic carbocycles. The molecule has 0 amide bonds. The van der Waals surface area contributed by atoms with Crippen molar-refractivity contribution >= 4 is 18.2 Å². The van der Waals surface area contributed by atoms with E-state index in [4.69, 9.17) is 11.6 Å². The van der Waals surface area contributed by atoms with Crippen LogP contribution in [0.4, 0.5) is 0 Å². The molecular weight excluding hydrogens is 571 g/mol. The van der Waals surface area contributed by atoms with E-state index in [2.05, 4.69) is 163 Å². The van der Waals surface area contributed by atoms with Crippen molar-refractivity contribution in [3.63, 3.8) is 0 Å². The number of allylic oxidation sites excluding steroid dienone is 6. The van der Waals surface area contributed by atoms with Gasteiger partial charge in [0, 0.05) is 11.6 Å². The summed E-state index contributed by atoms with van der Waals surface area (Å²) in [5.41, 5.74) is 14.6. The van der Waals surface area contributed by atoms with Gasteiger partial charge in [0.05, 0.1) is 17.0 Å². The van der Waals surface area contributed by atoms with E-state index in [9.17, 15) is 0 Å². The molecule has 0 saturated carbocycles. The Hall–Kier alpha value is -4.50. The van der Waals surface area contributed by atoms with Gasteiger partial charge in [0.25, 0.3) is 0 Å². The van der Waals surface area contributed by atoms with Crippen molar-refractivity contribution in [2.24, 2.45) is 11.3 Å². The minimum absolute atomic E-state index is 0.00578. The number of fused-ring (bicyclic) bond motifs is 11. The third kappa shape index (κ3) is 4.46. The Bertz CT molecular complexity index is 2200. The number of nitrogens with zero attached hydrogens (tertiary/aromatic N) is 3. The predicted octanol–water partition coefficient (Wildman–Crippen LogP) is 9.52. The fraction of sp³-hybridized carbons (Fsp3) is 0.318. The normalized spacial score (nSPS) is 21.5. The van der Waals surface area contributed by atoms with E-state index in [1.807, 2.05) is 0 Å². The molecule has 3 nitrogen and oxygen atoms in total. The van der Waals surface area contributed by atoms with Gasteiger partial charge >= 0.3 is 0 Å². The highest BCUT2D eigenvalue weighted by molar-refractivity contribution is 5.87. The predicted molar refractivity (Wildman–Crippen MR) is 197 cm³/mol. The summed E-state index contributed by atoms with van der Waals surface area (Å²) in [6.07, 6.45) is 10.2. The summed E-state index contributed by atoms with van der Waals surface area (Å²) in [4.78, 5) is 5.61. The molecule has 2 aromatic heterocycles. The molecule has 1 aliphatic heterocycles. The largest absolute Gasteiger partial charge is 0.251 e. The van der Waals surface area contributed by atoms with Gasteiger partial charge in [-0.05, 0) is 95.7 Å². The molecule has 3 aliphatic rings. The van der Waals surface area contributed by atoms with E-state index in [1.54, 1.807) is 0 Å². The van der Waals surface area contributed by atoms with Gasteiger partial charge in [0.1, 0.15) is 11.4 Å². The maximum Gasteiger partial charge on any atom is 0.234 e. The molecule has 2 atom stereocenters. The third-order valence-corrected chi connectivity index (χ3v) is 10.8. The summed E-state index contributed by atoms with van der Waals surface area (Å²) < 4.78 is 4.79. The Morgan fingerprint density at radius 2 is 1.74 bits per heavy atom. The average molecular weight is 619 g/mol. The maximum atomic E-state index is 5.61. The zero-order valence-corrected chi connectivity index (χ0v) is 29.6. The Morgan fingerprint density at radius 1 is 1.00 bits per heavy atom. The lowest BCUT2D eigenvalue weighted by Gasteiger charge is -2.30. The highest BCUT2D eigenvalue weighted by Gasteiger charge is 2.55. The second-order valence-corrected chi connectivity index (χ2v) is 15.9. The quantitative estimate of drug-likeness (QED) is 0.205. The van der Waals surface area contributed by atoms with Crippen molar-refractivity contribution in [3.8, 4) is 16.9 Å². The first-order chi connectivity index (χ1) is 22.2. The Kier molecular flexibility index (Phi) is 6.95. The number of hydrogen-bond acceptors (Lipinski definition) is 1. The smallest absolute Gasteiger partial charge is 0.234 e. The maximum absolute atomic E-state index is 5.61. The first kappa shape index (κ1) is 31.1. The van der Waals surface area contributed by atoms with Crippen LogP contribution in [0.3, 0.4) is 0 Å². The molecular formula is C44H48N3+. The fourth-order valence-electron chi connectivity index (χ4n) is 7.73. The summed E-state index contributed by atoms with van der Waals surface area (Å²) in [6.45, 7) is 29.9. The number of hydrogen-bond donors (Lipinski definition) is 0. The van der Waals surface area contributed by atoms with Crippen LogP contribution in [0.15, 0.2) is 96.6 Å². The Morgan fingerprint density at radius 3 is 2.45 bits per heavy atom. The molecule has 0 radical (unpaired) electrons. The van der Waals surface area contributed by atoms with E-state index in [0.717, 1.165) is 51.4 Å². The van der Waals surface area contributed by atoms with Crippen LogP contribution in [0.1, 0.15) is 95.5 Å². The Labute approximate surface area is 280 Å². The van der Waals surface area contributed by atoms with E-state index >= 15 is 0 Å². The first-order valence-electron chi connectivity index (χ1n) is 17.0. The zero-order chi connectivity index (χ0) is 33.6. The van der Waals surface area contributed by atoms with Gasteiger partial charge in [-0.25, -0.2) is 0 Å². The van der Waals surface area contributed by atoms with Crippen molar-refractivity contribution in [1.82, 2.24) is 9.67 Å². The summed E-state index contributed by atoms with van der Waals surface area (Å²) in [5, 5.41) is 0.953. The minimum atomic E-state index is -0.686. The van der Waals surface area contributed by atoms with Gasteiger partial charge in [-0.15, -0.1) is 4.68 Å². The number of rotatable bonds is 2. The van der Waals surface area contributed by atoms with Crippen LogP contribution in [0.5, 0.6) is 0 Å². The molecule has 0 saturated heterocycles. The van der Waals surface area contributed by atoms with E-state index in [1.165, 1.54) is 33.4 Å². The molecule has 0 N–H and O–H groups in total. The van der Waals surface area contributed by atoms with Crippen LogP contribution in [-0.4, -0.2) is 9.67 Å². The van der Waals surface area contributed by atoms with Crippen molar-refractivity contribution in [2.75, 3.05) is 0 Å². The van der Waals surface area contributed by atoms with Crippen LogP contribution in [0.2, 0.25) is 0 Å². The SMILES string of the molecule is C=C/C1=[n+]2\c(=C)c(C)c(/C=C(\C)C(C)(C)C)n2-c2cc(C(C)(C)C)ccc2-c2cccc(n2)C12C1=C(CC(C)C=C1)c1ccccc12. The van der Waals surface area contributed by atoms with Gasteiger partial charge in [-0.2, -0.15) is 0 Å². The van der Waals surface area contributed by atoms with Gasteiger partial charge in [0.2, 0.25) is 11.1 Å². The van der Waals surface area contributed by atoms with Crippen LogP contribution in [-0.2, 0) is 10.8 Å². The zero-order valence-electron chi connectivity index (χ0n) is 29.6. The molecule has 2 unspecified atom stereocenters.